The molecule has 0 heterocycles. The van der Waals surface area contributed by atoms with E-state index in [9.17, 15) is 0 Å². The van der Waals surface area contributed by atoms with Gasteiger partial charge in [0.2, 0.25) is 0 Å². The number of nitrogens with one attached hydrogen (secondary N) is 2. The van der Waals surface area contributed by atoms with Gasteiger partial charge in [-0.1, -0.05) is 18.0 Å². The smallest absolute Gasteiger partial charge is 0.494 e. The zero-order chi connectivity index (χ0) is 8.97. The fourth-order valence-electron chi connectivity index (χ4n) is 0.884. The Morgan fingerprint density at radius 3 is 2.31 bits per heavy atom. The van der Waals surface area contributed by atoms with Crippen molar-refractivity contribution in [3.8, 4) is 5.75 Å². The van der Waals surface area contributed by atoms with Crippen LogP contribution in [0.15, 0.2) is 24.3 Å². The maximum atomic E-state index is 7.03. The third-order valence-electron chi connectivity index (χ3n) is 1.45. The first-order chi connectivity index (χ1) is 5.74. The minimum atomic E-state index is -0.168. The van der Waals surface area contributed by atoms with Gasteiger partial charge in [0.05, 0.1) is 6.61 Å². The van der Waals surface area contributed by atoms with Crippen LogP contribution in [0.1, 0.15) is 12.5 Å². The van der Waals surface area contributed by atoms with E-state index in [1.54, 1.807) is 24.3 Å². The molecule has 0 aliphatic rings. The summed E-state index contributed by atoms with van der Waals surface area (Å²) in [6.07, 6.45) is 0. The first kappa shape index (κ1) is 13.3. The summed E-state index contributed by atoms with van der Waals surface area (Å²) in [4.78, 5) is 0. The molecule has 0 saturated heterocycles. The van der Waals surface area contributed by atoms with Crippen LogP contribution < -0.4 is 62.9 Å². The molecule has 0 radical (unpaired) electrons. The van der Waals surface area contributed by atoms with Crippen LogP contribution in [-0.4, -0.2) is 12.4 Å². The average Bonchev–Trinajstić information content (AvgIpc) is 2.06. The first-order valence-corrected chi connectivity index (χ1v) is 3.77. The van der Waals surface area contributed by atoms with Crippen LogP contribution in [-0.2, 0) is 0 Å². The van der Waals surface area contributed by atoms with Crippen molar-refractivity contribution in [2.24, 2.45) is 0 Å². The molecule has 0 aliphatic heterocycles. The molecule has 2 N–H and O–H groups in total. The van der Waals surface area contributed by atoms with E-state index in [2.05, 4.69) is 0 Å². The molecule has 1 rings (SSSR count). The normalized spacial score (nSPS) is 8.69. The SMILES string of the molecule is CCOc1ccc(C(=N)[NH-])cc1.[Rb+]. The summed E-state index contributed by atoms with van der Waals surface area (Å²) in [7, 11) is 0. The fourth-order valence-corrected chi connectivity index (χ4v) is 0.884. The van der Waals surface area contributed by atoms with Gasteiger partial charge in [0.15, 0.2) is 0 Å². The van der Waals surface area contributed by atoms with E-state index in [4.69, 9.17) is 15.9 Å². The molecule has 0 aliphatic carbocycles. The Morgan fingerprint density at radius 2 is 1.92 bits per heavy atom. The standard InChI is InChI=1S/C9H11N2O.Rb/c1-2-12-8-5-3-7(4-6-8)9(10)11;/h3-6H,2H2,1H3,(H2-,10,11);/q-1;+1. The van der Waals surface area contributed by atoms with Crippen molar-refractivity contribution in [1.82, 2.24) is 0 Å². The summed E-state index contributed by atoms with van der Waals surface area (Å²) in [5.41, 5.74) is 7.64. The predicted octanol–water partition coefficient (Wildman–Crippen LogP) is -0.533. The Labute approximate surface area is 127 Å². The van der Waals surface area contributed by atoms with E-state index in [0.29, 0.717) is 12.2 Å². The van der Waals surface area contributed by atoms with E-state index < -0.39 is 0 Å². The van der Waals surface area contributed by atoms with Crippen LogP contribution in [0.5, 0.6) is 5.75 Å². The second-order valence-electron chi connectivity index (χ2n) is 2.33. The monoisotopic (exact) mass is 248 g/mol. The number of hydrogen-bond donors (Lipinski definition) is 1. The minimum absolute atomic E-state index is 0. The molecule has 4 heteroatoms. The molecular weight excluding hydrogens is 238 g/mol. The number of hydrogen-bond acceptors (Lipinski definition) is 2. The third-order valence-corrected chi connectivity index (χ3v) is 1.45. The molecule has 64 valence electrons. The van der Waals surface area contributed by atoms with Gasteiger partial charge in [-0.25, -0.2) is 0 Å². The van der Waals surface area contributed by atoms with Gasteiger partial charge >= 0.3 is 58.2 Å². The van der Waals surface area contributed by atoms with Gasteiger partial charge in [0, 0.05) is 0 Å². The summed E-state index contributed by atoms with van der Waals surface area (Å²) in [5, 5.41) is 7.03. The Balaban J connectivity index is 0.00000144. The quantitative estimate of drug-likeness (QED) is 0.567. The van der Waals surface area contributed by atoms with E-state index in [-0.39, 0.29) is 64.0 Å². The van der Waals surface area contributed by atoms with Crippen LogP contribution in [0, 0.1) is 5.41 Å². The van der Waals surface area contributed by atoms with Crippen molar-refractivity contribution >= 4 is 5.84 Å². The van der Waals surface area contributed by atoms with Crippen molar-refractivity contribution in [2.45, 2.75) is 6.92 Å². The molecule has 0 amide bonds. The minimum Gasteiger partial charge on any atom is -0.494 e. The van der Waals surface area contributed by atoms with Crippen LogP contribution in [0.2, 0.25) is 0 Å². The largest absolute Gasteiger partial charge is 1.00 e. The van der Waals surface area contributed by atoms with Crippen molar-refractivity contribution in [2.75, 3.05) is 6.61 Å². The van der Waals surface area contributed by atoms with Gasteiger partial charge in [-0.2, -0.15) is 0 Å². The van der Waals surface area contributed by atoms with Crippen molar-refractivity contribution in [1.29, 1.82) is 5.41 Å². The number of amidine groups is 1. The Morgan fingerprint density at radius 1 is 1.38 bits per heavy atom. The summed E-state index contributed by atoms with van der Waals surface area (Å²) in [6, 6.07) is 6.95. The summed E-state index contributed by atoms with van der Waals surface area (Å²) >= 11 is 0. The first-order valence-electron chi connectivity index (χ1n) is 3.77. The Kier molecular flexibility index (Phi) is 6.86. The van der Waals surface area contributed by atoms with E-state index in [0.717, 1.165) is 5.75 Å². The molecule has 0 unspecified atom stereocenters. The molecule has 0 saturated carbocycles. The molecule has 0 bridgehead atoms. The van der Waals surface area contributed by atoms with Gasteiger partial charge in [-0.05, 0) is 24.6 Å². The molecule has 0 atom stereocenters. The maximum Gasteiger partial charge on any atom is 1.00 e. The molecule has 0 fully saturated rings. The topological polar surface area (TPSA) is 56.9 Å². The summed E-state index contributed by atoms with van der Waals surface area (Å²) < 4.78 is 5.21. The fraction of sp³-hybridized carbons (Fsp3) is 0.222. The molecule has 3 nitrogen and oxygen atoms in total. The van der Waals surface area contributed by atoms with Crippen molar-refractivity contribution < 1.29 is 62.9 Å². The summed E-state index contributed by atoms with van der Waals surface area (Å²) in [6.45, 7) is 2.55. The second-order valence-corrected chi connectivity index (χ2v) is 2.33. The molecule has 0 aromatic heterocycles. The molecule has 13 heavy (non-hydrogen) atoms. The van der Waals surface area contributed by atoms with E-state index in [1.807, 2.05) is 6.92 Å². The van der Waals surface area contributed by atoms with Crippen molar-refractivity contribution in [3.63, 3.8) is 0 Å². The van der Waals surface area contributed by atoms with Crippen LogP contribution in [0.3, 0.4) is 0 Å². The van der Waals surface area contributed by atoms with Gasteiger partial charge in [-0.15, -0.1) is 0 Å². The number of benzene rings is 1. The third kappa shape index (κ3) is 4.36. The van der Waals surface area contributed by atoms with Gasteiger partial charge < -0.3 is 15.9 Å². The van der Waals surface area contributed by atoms with Gasteiger partial charge in [-0.3, -0.25) is 0 Å². The second kappa shape index (κ2) is 6.71. The van der Waals surface area contributed by atoms with E-state index in [1.165, 1.54) is 0 Å². The molecule has 1 aromatic carbocycles. The van der Waals surface area contributed by atoms with Crippen molar-refractivity contribution in [3.05, 3.63) is 35.6 Å². The maximum absolute atomic E-state index is 7.03. The molecule has 1 aromatic rings. The Hall–Kier alpha value is 0.295. The molecular formula is C9H11N2ORb. The number of ether oxygens (including phenoxy) is 1. The van der Waals surface area contributed by atoms with Crippen LogP contribution in [0.4, 0.5) is 0 Å². The average molecular weight is 249 g/mol. The molecule has 0 spiro atoms. The Bertz CT molecular complexity index is 271. The summed E-state index contributed by atoms with van der Waals surface area (Å²) in [5.74, 6) is 0.612. The zero-order valence-electron chi connectivity index (χ0n) is 7.92. The number of rotatable bonds is 3. The van der Waals surface area contributed by atoms with Gasteiger partial charge in [0.25, 0.3) is 0 Å². The van der Waals surface area contributed by atoms with Crippen LogP contribution >= 0.6 is 0 Å². The van der Waals surface area contributed by atoms with Gasteiger partial charge in [0.1, 0.15) is 5.75 Å². The van der Waals surface area contributed by atoms with Crippen LogP contribution in [0.25, 0.3) is 5.73 Å². The zero-order valence-corrected chi connectivity index (χ0v) is 12.8. The predicted molar refractivity (Wildman–Crippen MR) is 48.8 cm³/mol. The van der Waals surface area contributed by atoms with E-state index >= 15 is 0 Å².